The summed E-state index contributed by atoms with van der Waals surface area (Å²) in [6, 6.07) is 19.2. The minimum atomic E-state index is 0. The number of para-hydroxylation sites is 2. The molecule has 0 amide bonds. The van der Waals surface area contributed by atoms with E-state index in [9.17, 15) is 0 Å². The van der Waals surface area contributed by atoms with Crippen molar-refractivity contribution in [2.24, 2.45) is 9.98 Å². The maximum Gasteiger partial charge on any atom is 0.0849 e. The number of nitrogens with zero attached hydrogens (tertiary/aromatic N) is 3. The standard InChI is InChI=1S/C33H43N3.Co/c1-20(2)26-14-11-15-27(21(3)4)32(26)34-24(9)30-18-13-19-31(36-30)25(10)35-33-28(22(5)6)16-12-17-29(33)23(7)8;/h11-23H,1-10H3;. The van der Waals surface area contributed by atoms with Crippen molar-refractivity contribution in [1.82, 2.24) is 4.98 Å². The Balaban J connectivity index is 0.00000481. The molecule has 199 valence electrons. The number of aromatic nitrogens is 1. The molecule has 3 aromatic rings. The predicted molar refractivity (Wildman–Crippen MR) is 157 cm³/mol. The zero-order valence-corrected chi connectivity index (χ0v) is 25.2. The summed E-state index contributed by atoms with van der Waals surface area (Å²) in [4.78, 5) is 15.3. The third-order valence-corrected chi connectivity index (χ3v) is 6.73. The number of aliphatic imine (C=N–C) groups is 2. The zero-order chi connectivity index (χ0) is 26.6. The number of benzene rings is 2. The van der Waals surface area contributed by atoms with Gasteiger partial charge in [0.25, 0.3) is 0 Å². The van der Waals surface area contributed by atoms with Crippen molar-refractivity contribution < 1.29 is 16.8 Å². The molecule has 0 N–H and O–H groups in total. The van der Waals surface area contributed by atoms with Gasteiger partial charge >= 0.3 is 0 Å². The quantitative estimate of drug-likeness (QED) is 0.262. The predicted octanol–water partition coefficient (Wildman–Crippen LogP) is 9.85. The molecule has 1 aromatic heterocycles. The van der Waals surface area contributed by atoms with Crippen LogP contribution in [0, 0.1) is 0 Å². The van der Waals surface area contributed by atoms with Gasteiger partial charge in [0.2, 0.25) is 0 Å². The molecule has 1 heterocycles. The Labute approximate surface area is 235 Å². The van der Waals surface area contributed by atoms with E-state index in [0.29, 0.717) is 23.7 Å². The van der Waals surface area contributed by atoms with E-state index in [1.54, 1.807) is 0 Å². The topological polar surface area (TPSA) is 37.6 Å². The zero-order valence-electron chi connectivity index (χ0n) is 24.2. The van der Waals surface area contributed by atoms with Crippen LogP contribution in [0.3, 0.4) is 0 Å². The molecule has 0 aliphatic rings. The molecule has 1 radical (unpaired) electrons. The van der Waals surface area contributed by atoms with E-state index in [2.05, 4.69) is 112 Å². The SMILES string of the molecule is CC(=Nc1c(C(C)C)cccc1C(C)C)c1cccc(C(C)=Nc2c(C(C)C)cccc2C(C)C)n1.[Co]. The van der Waals surface area contributed by atoms with Gasteiger partial charge in [0, 0.05) is 16.8 Å². The Morgan fingerprint density at radius 1 is 0.514 bits per heavy atom. The molecule has 37 heavy (non-hydrogen) atoms. The van der Waals surface area contributed by atoms with E-state index < -0.39 is 0 Å². The summed E-state index contributed by atoms with van der Waals surface area (Å²) in [5.41, 5.74) is 10.9. The molecule has 0 bridgehead atoms. The van der Waals surface area contributed by atoms with Crippen molar-refractivity contribution in [3.63, 3.8) is 0 Å². The van der Waals surface area contributed by atoms with Crippen LogP contribution < -0.4 is 0 Å². The van der Waals surface area contributed by atoms with E-state index in [4.69, 9.17) is 15.0 Å². The van der Waals surface area contributed by atoms with Crippen molar-refractivity contribution in [1.29, 1.82) is 0 Å². The minimum absolute atomic E-state index is 0. The summed E-state index contributed by atoms with van der Waals surface area (Å²) < 4.78 is 0. The van der Waals surface area contributed by atoms with Gasteiger partial charge in [0.1, 0.15) is 0 Å². The Morgan fingerprint density at radius 3 is 1.05 bits per heavy atom. The van der Waals surface area contributed by atoms with E-state index >= 15 is 0 Å². The second-order valence-corrected chi connectivity index (χ2v) is 11.0. The van der Waals surface area contributed by atoms with Crippen LogP contribution in [-0.4, -0.2) is 16.4 Å². The summed E-state index contributed by atoms with van der Waals surface area (Å²) in [6.45, 7) is 22.0. The van der Waals surface area contributed by atoms with Gasteiger partial charge in [0.05, 0.1) is 34.2 Å². The van der Waals surface area contributed by atoms with Gasteiger partial charge in [-0.2, -0.15) is 0 Å². The molecule has 0 saturated carbocycles. The second kappa shape index (κ2) is 13.3. The molecule has 4 heteroatoms. The molecule has 0 spiro atoms. The molecule has 0 aliphatic heterocycles. The summed E-state index contributed by atoms with van der Waals surface area (Å²) in [5, 5.41) is 0. The van der Waals surface area contributed by atoms with Crippen LogP contribution in [0.15, 0.2) is 64.6 Å². The van der Waals surface area contributed by atoms with Crippen molar-refractivity contribution in [3.8, 4) is 0 Å². The first-order valence-corrected chi connectivity index (χ1v) is 13.3. The summed E-state index contributed by atoms with van der Waals surface area (Å²) in [7, 11) is 0. The Kier molecular flexibility index (Phi) is 11.0. The fraction of sp³-hybridized carbons (Fsp3) is 0.424. The maximum absolute atomic E-state index is 5.15. The van der Waals surface area contributed by atoms with Gasteiger partial charge in [-0.3, -0.25) is 9.98 Å². The summed E-state index contributed by atoms with van der Waals surface area (Å²) in [6.07, 6.45) is 0. The minimum Gasteiger partial charge on any atom is -0.251 e. The van der Waals surface area contributed by atoms with Gasteiger partial charge in [-0.25, -0.2) is 4.98 Å². The van der Waals surface area contributed by atoms with Crippen LogP contribution in [-0.2, 0) is 16.8 Å². The number of hydrogen-bond donors (Lipinski definition) is 0. The van der Waals surface area contributed by atoms with Gasteiger partial charge < -0.3 is 0 Å². The van der Waals surface area contributed by atoms with Crippen LogP contribution in [0.2, 0.25) is 0 Å². The van der Waals surface area contributed by atoms with Gasteiger partial charge in [0.15, 0.2) is 0 Å². The average molecular weight is 541 g/mol. The van der Waals surface area contributed by atoms with Crippen LogP contribution in [0.25, 0.3) is 0 Å². The maximum atomic E-state index is 5.15. The Bertz CT molecular complexity index is 1120. The normalized spacial score (nSPS) is 12.6. The molecule has 0 aliphatic carbocycles. The van der Waals surface area contributed by atoms with Crippen molar-refractivity contribution in [2.75, 3.05) is 0 Å². The molecule has 0 fully saturated rings. The number of rotatable bonds is 8. The first kappa shape index (κ1) is 30.7. The van der Waals surface area contributed by atoms with Crippen molar-refractivity contribution in [3.05, 3.63) is 88.2 Å². The Morgan fingerprint density at radius 2 is 0.784 bits per heavy atom. The third-order valence-electron chi connectivity index (χ3n) is 6.73. The van der Waals surface area contributed by atoms with Gasteiger partial charge in [-0.15, -0.1) is 0 Å². The third kappa shape index (κ3) is 7.27. The molecule has 3 rings (SSSR count). The number of pyridine rings is 1. The first-order valence-electron chi connectivity index (χ1n) is 13.3. The van der Waals surface area contributed by atoms with Crippen LogP contribution in [0.4, 0.5) is 11.4 Å². The molecule has 3 nitrogen and oxygen atoms in total. The molecular formula is C33H43CoN3. The second-order valence-electron chi connectivity index (χ2n) is 11.0. The van der Waals surface area contributed by atoms with E-state index in [1.165, 1.54) is 22.3 Å². The summed E-state index contributed by atoms with van der Waals surface area (Å²) >= 11 is 0. The average Bonchev–Trinajstić information content (AvgIpc) is 2.83. The van der Waals surface area contributed by atoms with Crippen LogP contribution in [0.5, 0.6) is 0 Å². The monoisotopic (exact) mass is 540 g/mol. The molecule has 0 atom stereocenters. The van der Waals surface area contributed by atoms with E-state index in [1.807, 2.05) is 12.1 Å². The fourth-order valence-electron chi connectivity index (χ4n) is 4.57. The smallest absolute Gasteiger partial charge is 0.0849 e. The van der Waals surface area contributed by atoms with Crippen molar-refractivity contribution in [2.45, 2.75) is 92.9 Å². The van der Waals surface area contributed by atoms with Crippen LogP contribution >= 0.6 is 0 Å². The summed E-state index contributed by atoms with van der Waals surface area (Å²) in [5.74, 6) is 1.61. The molecule has 2 aromatic carbocycles. The van der Waals surface area contributed by atoms with E-state index in [-0.39, 0.29) is 16.8 Å². The largest absolute Gasteiger partial charge is 0.251 e. The fourth-order valence-corrected chi connectivity index (χ4v) is 4.57. The van der Waals surface area contributed by atoms with Crippen molar-refractivity contribution >= 4 is 22.8 Å². The van der Waals surface area contributed by atoms with Gasteiger partial charge in [-0.05, 0) is 71.9 Å². The Hall–Kier alpha value is -2.56. The molecule has 0 saturated heterocycles. The first-order chi connectivity index (χ1) is 17.0. The van der Waals surface area contributed by atoms with Crippen LogP contribution in [0.1, 0.15) is 127 Å². The molecule has 0 unspecified atom stereocenters. The number of hydrogen-bond acceptors (Lipinski definition) is 3. The van der Waals surface area contributed by atoms with E-state index in [0.717, 1.165) is 34.2 Å². The molecular weight excluding hydrogens is 497 g/mol. The van der Waals surface area contributed by atoms with Gasteiger partial charge in [-0.1, -0.05) is 97.9 Å².